The number of nitrogens with one attached hydrogen (secondary N) is 1. The van der Waals surface area contributed by atoms with E-state index in [4.69, 9.17) is 39.5 Å². The molecular weight excluding hydrogens is 358 g/mol. The molecule has 1 saturated heterocycles. The van der Waals surface area contributed by atoms with Crippen LogP contribution in [0, 0.1) is 0 Å². The Balaban J connectivity index is 0.00000220. The number of hydrogen-bond donors (Lipinski definition) is 1. The van der Waals surface area contributed by atoms with E-state index in [2.05, 4.69) is 5.32 Å². The predicted molar refractivity (Wildman–Crippen MR) is 88.3 cm³/mol. The second-order valence-electron chi connectivity index (χ2n) is 4.68. The minimum atomic E-state index is -0.0690. The van der Waals surface area contributed by atoms with Crippen molar-refractivity contribution in [2.24, 2.45) is 0 Å². The lowest BCUT2D eigenvalue weighted by molar-refractivity contribution is -0.134. The zero-order valence-corrected chi connectivity index (χ0v) is 14.5. The summed E-state index contributed by atoms with van der Waals surface area (Å²) in [6, 6.07) is 3.30. The Morgan fingerprint density at radius 3 is 2.67 bits per heavy atom. The number of carbonyl (C=O) groups is 1. The highest BCUT2D eigenvalue weighted by molar-refractivity contribution is 6.43. The predicted octanol–water partition coefficient (Wildman–Crippen LogP) is 3.27. The number of piperazine rings is 1. The average molecular weight is 374 g/mol. The van der Waals surface area contributed by atoms with Gasteiger partial charge < -0.3 is 15.0 Å². The Morgan fingerprint density at radius 1 is 1.33 bits per heavy atom. The molecule has 1 atom stereocenters. The first-order chi connectivity index (χ1) is 9.47. The highest BCUT2D eigenvalue weighted by atomic mass is 35.5. The van der Waals surface area contributed by atoms with E-state index < -0.39 is 0 Å². The molecule has 21 heavy (non-hydrogen) atoms. The van der Waals surface area contributed by atoms with Gasteiger partial charge in [-0.3, -0.25) is 4.79 Å². The smallest absolute Gasteiger partial charge is 0.260 e. The summed E-state index contributed by atoms with van der Waals surface area (Å²) in [6.07, 6.45) is 0. The van der Waals surface area contributed by atoms with Crippen LogP contribution in [-0.4, -0.2) is 43.1 Å². The molecular formula is C13H16Cl4N2O2. The van der Waals surface area contributed by atoms with Crippen LogP contribution in [0.1, 0.15) is 6.92 Å². The summed E-state index contributed by atoms with van der Waals surface area (Å²) >= 11 is 17.7. The van der Waals surface area contributed by atoms with E-state index in [1.165, 1.54) is 12.1 Å². The molecule has 1 heterocycles. The van der Waals surface area contributed by atoms with Crippen molar-refractivity contribution < 1.29 is 9.53 Å². The molecule has 0 aromatic heterocycles. The molecule has 0 bridgehead atoms. The van der Waals surface area contributed by atoms with Crippen LogP contribution in [0.5, 0.6) is 5.75 Å². The highest BCUT2D eigenvalue weighted by Crippen LogP contribution is 2.33. The lowest BCUT2D eigenvalue weighted by Crippen LogP contribution is -2.52. The molecule has 4 nitrogen and oxygen atoms in total. The quantitative estimate of drug-likeness (QED) is 0.826. The number of rotatable bonds is 3. The van der Waals surface area contributed by atoms with Gasteiger partial charge in [-0.05, 0) is 13.0 Å². The van der Waals surface area contributed by atoms with Crippen LogP contribution < -0.4 is 10.1 Å². The van der Waals surface area contributed by atoms with Crippen LogP contribution in [0.15, 0.2) is 12.1 Å². The van der Waals surface area contributed by atoms with Gasteiger partial charge in [-0.15, -0.1) is 12.4 Å². The maximum absolute atomic E-state index is 12.1. The van der Waals surface area contributed by atoms with E-state index in [-0.39, 0.29) is 24.9 Å². The third-order valence-corrected chi connectivity index (χ3v) is 4.06. The first-order valence-corrected chi connectivity index (χ1v) is 7.39. The van der Waals surface area contributed by atoms with Crippen molar-refractivity contribution in [3.05, 3.63) is 27.2 Å². The average Bonchev–Trinajstić information content (AvgIpc) is 2.41. The Labute approximate surface area is 145 Å². The van der Waals surface area contributed by atoms with E-state index in [0.29, 0.717) is 39.9 Å². The van der Waals surface area contributed by atoms with Crippen molar-refractivity contribution in [1.82, 2.24) is 10.2 Å². The standard InChI is InChI=1S/C13H15Cl3N2O2.ClH/c1-8-6-18(3-2-17-8)13(19)7-20-12-5-10(15)9(14)4-11(12)16;/h4-5,8,17H,2-3,6-7H2,1H3;1H. The summed E-state index contributed by atoms with van der Waals surface area (Å²) in [5.74, 6) is 0.290. The summed E-state index contributed by atoms with van der Waals surface area (Å²) < 4.78 is 5.44. The molecule has 1 aliphatic heterocycles. The molecule has 0 spiro atoms. The van der Waals surface area contributed by atoms with Crippen molar-refractivity contribution in [1.29, 1.82) is 0 Å². The van der Waals surface area contributed by atoms with Gasteiger partial charge in [0.15, 0.2) is 6.61 Å². The molecule has 1 N–H and O–H groups in total. The fraction of sp³-hybridized carbons (Fsp3) is 0.462. The van der Waals surface area contributed by atoms with Crippen molar-refractivity contribution in [3.8, 4) is 5.75 Å². The van der Waals surface area contributed by atoms with Gasteiger partial charge in [0, 0.05) is 31.7 Å². The van der Waals surface area contributed by atoms with E-state index >= 15 is 0 Å². The number of halogens is 4. The molecule has 1 aromatic carbocycles. The van der Waals surface area contributed by atoms with E-state index in [1.807, 2.05) is 6.92 Å². The number of amides is 1. The summed E-state index contributed by atoms with van der Waals surface area (Å²) in [6.45, 7) is 4.12. The molecule has 0 saturated carbocycles. The zero-order chi connectivity index (χ0) is 14.7. The molecule has 1 aromatic rings. The fourth-order valence-corrected chi connectivity index (χ4v) is 2.60. The lowest BCUT2D eigenvalue weighted by atomic mass is 10.2. The molecule has 1 aliphatic rings. The number of ether oxygens (including phenoxy) is 1. The van der Waals surface area contributed by atoms with Crippen LogP contribution in [0.2, 0.25) is 15.1 Å². The van der Waals surface area contributed by atoms with Crippen molar-refractivity contribution in [3.63, 3.8) is 0 Å². The number of carbonyl (C=O) groups excluding carboxylic acids is 1. The minimum Gasteiger partial charge on any atom is -0.482 e. The van der Waals surface area contributed by atoms with Gasteiger partial charge in [-0.1, -0.05) is 34.8 Å². The third-order valence-electron chi connectivity index (χ3n) is 3.05. The van der Waals surface area contributed by atoms with Crippen LogP contribution in [0.25, 0.3) is 0 Å². The van der Waals surface area contributed by atoms with E-state index in [1.54, 1.807) is 4.90 Å². The largest absolute Gasteiger partial charge is 0.482 e. The zero-order valence-electron chi connectivity index (χ0n) is 11.4. The number of hydrogen-bond acceptors (Lipinski definition) is 3. The van der Waals surface area contributed by atoms with E-state index in [9.17, 15) is 4.79 Å². The topological polar surface area (TPSA) is 41.6 Å². The second kappa shape index (κ2) is 8.30. The van der Waals surface area contributed by atoms with Gasteiger partial charge in [-0.2, -0.15) is 0 Å². The van der Waals surface area contributed by atoms with Gasteiger partial charge in [0.1, 0.15) is 5.75 Å². The first kappa shape index (κ1) is 18.7. The van der Waals surface area contributed by atoms with Gasteiger partial charge in [0.05, 0.1) is 15.1 Å². The molecule has 118 valence electrons. The summed E-state index contributed by atoms with van der Waals surface area (Å²) in [5.41, 5.74) is 0. The fourth-order valence-electron chi connectivity index (χ4n) is 2.00. The van der Waals surface area contributed by atoms with Crippen molar-refractivity contribution >= 4 is 53.1 Å². The molecule has 1 amide bonds. The highest BCUT2D eigenvalue weighted by Gasteiger charge is 2.21. The van der Waals surface area contributed by atoms with Gasteiger partial charge >= 0.3 is 0 Å². The van der Waals surface area contributed by atoms with Crippen LogP contribution >= 0.6 is 47.2 Å². The van der Waals surface area contributed by atoms with Crippen molar-refractivity contribution in [2.75, 3.05) is 26.2 Å². The Bertz CT molecular complexity index is 513. The van der Waals surface area contributed by atoms with Crippen LogP contribution in [-0.2, 0) is 4.79 Å². The van der Waals surface area contributed by atoms with Crippen LogP contribution in [0.3, 0.4) is 0 Å². The third kappa shape index (κ3) is 5.08. The summed E-state index contributed by atoms with van der Waals surface area (Å²) in [7, 11) is 0. The monoisotopic (exact) mass is 372 g/mol. The van der Waals surface area contributed by atoms with Crippen LogP contribution in [0.4, 0.5) is 0 Å². The molecule has 0 radical (unpaired) electrons. The molecule has 8 heteroatoms. The Morgan fingerprint density at radius 2 is 2.00 bits per heavy atom. The SMILES string of the molecule is CC1CN(C(=O)COc2cc(Cl)c(Cl)cc2Cl)CCN1.Cl. The molecule has 2 rings (SSSR count). The summed E-state index contributed by atoms with van der Waals surface area (Å²) in [4.78, 5) is 13.8. The maximum atomic E-state index is 12.1. The lowest BCUT2D eigenvalue weighted by Gasteiger charge is -2.31. The summed E-state index contributed by atoms with van der Waals surface area (Å²) in [5, 5.41) is 4.30. The van der Waals surface area contributed by atoms with Crippen molar-refractivity contribution in [2.45, 2.75) is 13.0 Å². The van der Waals surface area contributed by atoms with Gasteiger partial charge in [-0.25, -0.2) is 0 Å². The van der Waals surface area contributed by atoms with Gasteiger partial charge in [0.25, 0.3) is 5.91 Å². The Hall–Kier alpha value is -0.390. The molecule has 0 aliphatic carbocycles. The molecule has 1 unspecified atom stereocenters. The normalized spacial score (nSPS) is 18.1. The minimum absolute atomic E-state index is 0. The van der Waals surface area contributed by atoms with E-state index in [0.717, 1.165) is 6.54 Å². The first-order valence-electron chi connectivity index (χ1n) is 6.26. The maximum Gasteiger partial charge on any atom is 0.260 e. The number of nitrogens with zero attached hydrogens (tertiary/aromatic N) is 1. The van der Waals surface area contributed by atoms with Gasteiger partial charge in [0.2, 0.25) is 0 Å². The molecule has 1 fully saturated rings. The number of benzene rings is 1. The second-order valence-corrected chi connectivity index (χ2v) is 5.90. The Kier molecular flexibility index (Phi) is 7.37.